The molecule has 126 valence electrons. The van der Waals surface area contributed by atoms with Crippen molar-refractivity contribution in [2.75, 3.05) is 0 Å². The number of hydrogen-bond donors (Lipinski definition) is 3. The van der Waals surface area contributed by atoms with E-state index < -0.39 is 6.10 Å². The quantitative estimate of drug-likeness (QED) is 0.750. The molecule has 2 aromatic heterocycles. The Morgan fingerprint density at radius 1 is 1.35 bits per heavy atom. The predicted molar refractivity (Wildman–Crippen MR) is 91.6 cm³/mol. The van der Waals surface area contributed by atoms with Gasteiger partial charge in [-0.3, -0.25) is 0 Å². The van der Waals surface area contributed by atoms with Gasteiger partial charge >= 0.3 is 6.03 Å². The third-order valence-electron chi connectivity index (χ3n) is 3.72. The highest BCUT2D eigenvalue weighted by atomic mass is 32.1. The zero-order chi connectivity index (χ0) is 17.0. The van der Waals surface area contributed by atoms with Gasteiger partial charge in [0.15, 0.2) is 0 Å². The van der Waals surface area contributed by atoms with Gasteiger partial charge in [-0.15, -0.1) is 11.3 Å². The Hall–Kier alpha value is -1.79. The summed E-state index contributed by atoms with van der Waals surface area (Å²) in [5.41, 5.74) is 1.14. The molecule has 0 aliphatic rings. The molecule has 0 spiro atoms. The van der Waals surface area contributed by atoms with Crippen molar-refractivity contribution in [3.05, 3.63) is 45.5 Å². The van der Waals surface area contributed by atoms with Gasteiger partial charge in [0.2, 0.25) is 0 Å². The standard InChI is InChI=1S/C17H24N2O3S/c1-10(8-15(20)16-6-5-7-22-16)18-17(21)19-12(3)14-9-11(2)23-13(14)4/h5-7,9-10,12,15,20H,8H2,1-4H3,(H2,18,19,21). The predicted octanol–water partition coefficient (Wildman–Crippen LogP) is 3.83. The van der Waals surface area contributed by atoms with Crippen LogP contribution in [0.15, 0.2) is 28.9 Å². The zero-order valence-electron chi connectivity index (χ0n) is 13.9. The number of thiophene rings is 1. The first kappa shape index (κ1) is 17.6. The van der Waals surface area contributed by atoms with Gasteiger partial charge in [-0.25, -0.2) is 4.79 Å². The van der Waals surface area contributed by atoms with Gasteiger partial charge in [-0.2, -0.15) is 0 Å². The van der Waals surface area contributed by atoms with E-state index >= 15 is 0 Å². The van der Waals surface area contributed by atoms with E-state index in [1.165, 1.54) is 16.0 Å². The number of carbonyl (C=O) groups is 1. The van der Waals surface area contributed by atoms with Crippen LogP contribution in [-0.2, 0) is 0 Å². The summed E-state index contributed by atoms with van der Waals surface area (Å²) in [5.74, 6) is 0.511. The first-order valence-electron chi connectivity index (χ1n) is 7.72. The normalized spacial score (nSPS) is 15.0. The molecule has 0 saturated carbocycles. The van der Waals surface area contributed by atoms with E-state index in [1.807, 2.05) is 13.8 Å². The van der Waals surface area contributed by atoms with E-state index in [9.17, 15) is 9.90 Å². The second-order valence-corrected chi connectivity index (χ2v) is 7.34. The topological polar surface area (TPSA) is 74.5 Å². The first-order valence-corrected chi connectivity index (χ1v) is 8.54. The van der Waals surface area contributed by atoms with Crippen LogP contribution in [0.25, 0.3) is 0 Å². The summed E-state index contributed by atoms with van der Waals surface area (Å²) in [4.78, 5) is 14.6. The van der Waals surface area contributed by atoms with Crippen LogP contribution in [0, 0.1) is 13.8 Å². The Morgan fingerprint density at radius 2 is 2.09 bits per heavy atom. The highest BCUT2D eigenvalue weighted by molar-refractivity contribution is 7.12. The molecule has 23 heavy (non-hydrogen) atoms. The van der Waals surface area contributed by atoms with Crippen LogP contribution >= 0.6 is 11.3 Å². The summed E-state index contributed by atoms with van der Waals surface area (Å²) < 4.78 is 5.16. The maximum atomic E-state index is 12.1. The molecule has 0 aliphatic heterocycles. The Morgan fingerprint density at radius 3 is 2.65 bits per heavy atom. The lowest BCUT2D eigenvalue weighted by Crippen LogP contribution is -2.42. The maximum absolute atomic E-state index is 12.1. The Balaban J connectivity index is 1.83. The van der Waals surface area contributed by atoms with Gasteiger partial charge in [0.25, 0.3) is 0 Å². The fourth-order valence-electron chi connectivity index (χ4n) is 2.61. The van der Waals surface area contributed by atoms with Crippen molar-refractivity contribution in [1.82, 2.24) is 10.6 Å². The molecule has 0 bridgehead atoms. The molecule has 5 nitrogen and oxygen atoms in total. The third-order valence-corrected chi connectivity index (χ3v) is 4.70. The maximum Gasteiger partial charge on any atom is 0.315 e. The van der Waals surface area contributed by atoms with Crippen LogP contribution in [0.1, 0.15) is 53.5 Å². The minimum atomic E-state index is -0.723. The van der Waals surface area contributed by atoms with E-state index in [0.717, 1.165) is 5.56 Å². The largest absolute Gasteiger partial charge is 0.467 e. The Bertz CT molecular complexity index is 636. The molecule has 0 aliphatic carbocycles. The van der Waals surface area contributed by atoms with Crippen LogP contribution in [0.4, 0.5) is 4.79 Å². The number of aryl methyl sites for hydroxylation is 2. The second-order valence-electron chi connectivity index (χ2n) is 5.88. The number of furan rings is 1. The summed E-state index contributed by atoms with van der Waals surface area (Å²) in [6, 6.07) is 5.10. The van der Waals surface area contributed by atoms with Crippen LogP contribution in [-0.4, -0.2) is 17.2 Å². The third kappa shape index (κ3) is 4.84. The van der Waals surface area contributed by atoms with Crippen LogP contribution in [0.5, 0.6) is 0 Å². The number of aliphatic hydroxyl groups is 1. The molecule has 3 N–H and O–H groups in total. The number of rotatable bonds is 6. The highest BCUT2D eigenvalue weighted by Crippen LogP contribution is 2.26. The average molecular weight is 336 g/mol. The summed E-state index contributed by atoms with van der Waals surface area (Å²) in [5, 5.41) is 15.8. The van der Waals surface area contributed by atoms with Crippen LogP contribution < -0.4 is 10.6 Å². The van der Waals surface area contributed by atoms with Gasteiger partial charge in [0.1, 0.15) is 11.9 Å². The Kier molecular flexibility index (Phi) is 5.85. The Labute approximate surface area is 140 Å². The molecule has 6 heteroatoms. The molecule has 2 rings (SSSR count). The first-order chi connectivity index (χ1) is 10.9. The van der Waals surface area contributed by atoms with Crippen molar-refractivity contribution >= 4 is 17.4 Å². The van der Waals surface area contributed by atoms with Crippen molar-refractivity contribution in [1.29, 1.82) is 0 Å². The molecule has 2 heterocycles. The minimum absolute atomic E-state index is 0.0536. The molecule has 0 saturated heterocycles. The molecule has 0 radical (unpaired) electrons. The van der Waals surface area contributed by atoms with Crippen LogP contribution in [0.2, 0.25) is 0 Å². The fourth-order valence-corrected chi connectivity index (χ4v) is 3.63. The van der Waals surface area contributed by atoms with Gasteiger partial charge in [0, 0.05) is 22.2 Å². The van der Waals surface area contributed by atoms with Gasteiger partial charge in [-0.1, -0.05) is 0 Å². The number of nitrogens with one attached hydrogen (secondary N) is 2. The zero-order valence-corrected chi connectivity index (χ0v) is 14.7. The molecular weight excluding hydrogens is 312 g/mol. The number of hydrogen-bond acceptors (Lipinski definition) is 4. The van der Waals surface area contributed by atoms with Crippen LogP contribution in [0.3, 0.4) is 0 Å². The second kappa shape index (κ2) is 7.66. The number of urea groups is 1. The summed E-state index contributed by atoms with van der Waals surface area (Å²) >= 11 is 1.73. The summed E-state index contributed by atoms with van der Waals surface area (Å²) in [6.07, 6.45) is 1.20. The molecule has 2 amide bonds. The molecule has 0 aromatic carbocycles. The van der Waals surface area contributed by atoms with E-state index in [2.05, 4.69) is 30.5 Å². The molecular formula is C17H24N2O3S. The SMILES string of the molecule is Cc1cc(C(C)NC(=O)NC(C)CC(O)c2ccco2)c(C)s1. The molecule has 0 fully saturated rings. The lowest BCUT2D eigenvalue weighted by molar-refractivity contribution is 0.129. The van der Waals surface area contributed by atoms with Gasteiger partial charge in [0.05, 0.1) is 12.3 Å². The van der Waals surface area contributed by atoms with E-state index in [-0.39, 0.29) is 18.1 Å². The average Bonchev–Trinajstić information content (AvgIpc) is 3.07. The fraction of sp³-hybridized carbons (Fsp3) is 0.471. The number of aliphatic hydroxyl groups excluding tert-OH is 1. The van der Waals surface area contributed by atoms with Crippen molar-refractivity contribution in [2.24, 2.45) is 0 Å². The molecule has 2 aromatic rings. The number of amides is 2. The van der Waals surface area contributed by atoms with E-state index in [4.69, 9.17) is 4.42 Å². The van der Waals surface area contributed by atoms with Crippen molar-refractivity contribution in [3.8, 4) is 0 Å². The van der Waals surface area contributed by atoms with Crippen molar-refractivity contribution in [2.45, 2.75) is 52.3 Å². The van der Waals surface area contributed by atoms with Crippen molar-refractivity contribution < 1.29 is 14.3 Å². The lowest BCUT2D eigenvalue weighted by Gasteiger charge is -2.19. The molecule has 3 atom stereocenters. The molecule has 3 unspecified atom stereocenters. The monoisotopic (exact) mass is 336 g/mol. The lowest BCUT2D eigenvalue weighted by atomic mass is 10.1. The summed E-state index contributed by atoms with van der Waals surface area (Å²) in [6.45, 7) is 7.95. The minimum Gasteiger partial charge on any atom is -0.467 e. The highest BCUT2D eigenvalue weighted by Gasteiger charge is 2.18. The van der Waals surface area contributed by atoms with Gasteiger partial charge < -0.3 is 20.2 Å². The summed E-state index contributed by atoms with van der Waals surface area (Å²) in [7, 11) is 0. The van der Waals surface area contributed by atoms with Gasteiger partial charge in [-0.05, 0) is 51.5 Å². The smallest absolute Gasteiger partial charge is 0.315 e. The van der Waals surface area contributed by atoms with Crippen molar-refractivity contribution in [3.63, 3.8) is 0 Å². The van der Waals surface area contributed by atoms with E-state index in [1.54, 1.807) is 23.5 Å². The van der Waals surface area contributed by atoms with E-state index in [0.29, 0.717) is 12.2 Å². The number of carbonyl (C=O) groups excluding carboxylic acids is 1.